The van der Waals surface area contributed by atoms with E-state index in [1.165, 1.54) is 6.07 Å². The lowest BCUT2D eigenvalue weighted by Crippen LogP contribution is -2.21. The molecule has 4 rings (SSSR count). The van der Waals surface area contributed by atoms with Gasteiger partial charge in [0.25, 0.3) is 18.2 Å². The highest BCUT2D eigenvalue weighted by molar-refractivity contribution is 7.17. The Labute approximate surface area is 255 Å². The van der Waals surface area contributed by atoms with Crippen molar-refractivity contribution in [3.8, 4) is 21.9 Å². The molecule has 3 N–H and O–H groups in total. The van der Waals surface area contributed by atoms with Crippen LogP contribution < -0.4 is 11.1 Å². The number of nitrogens with zero attached hydrogens (tertiary/aromatic N) is 3. The highest BCUT2D eigenvalue weighted by Gasteiger charge is 2.29. The highest BCUT2D eigenvalue weighted by Crippen LogP contribution is 2.42. The minimum Gasteiger partial charge on any atom is -0.421 e. The number of allylic oxidation sites excluding steroid dienone is 1. The SMILES string of the molecule is C=C(CCCc1nc(CC(C)C)c(C(N)=O)c(-c2ccc(C(=O)NCc3ccc(F)c(F)c3)s2)c1-c1nnc(C)o1)C(F)F. The van der Waals surface area contributed by atoms with Gasteiger partial charge in [0.1, 0.15) is 0 Å². The van der Waals surface area contributed by atoms with Gasteiger partial charge in [-0.25, -0.2) is 17.6 Å². The van der Waals surface area contributed by atoms with E-state index in [0.29, 0.717) is 39.4 Å². The number of benzene rings is 1. The predicted octanol–water partition coefficient (Wildman–Crippen LogP) is 6.82. The number of pyridine rings is 1. The quantitative estimate of drug-likeness (QED) is 0.124. The summed E-state index contributed by atoms with van der Waals surface area (Å²) in [5.74, 6) is -2.87. The average Bonchev–Trinajstić information content (AvgIpc) is 3.62. The molecular weight excluding hydrogens is 598 g/mol. The number of hydrogen-bond acceptors (Lipinski definition) is 7. The minimum absolute atomic E-state index is 0.0509. The third-order valence-corrected chi connectivity index (χ3v) is 7.77. The number of amides is 2. The van der Waals surface area contributed by atoms with E-state index in [4.69, 9.17) is 15.1 Å². The van der Waals surface area contributed by atoms with Crippen LogP contribution in [0.2, 0.25) is 0 Å². The average molecular weight is 630 g/mol. The number of halogens is 4. The van der Waals surface area contributed by atoms with Crippen molar-refractivity contribution in [1.29, 1.82) is 0 Å². The number of nitrogens with one attached hydrogen (secondary N) is 1. The number of primary amides is 1. The fourth-order valence-corrected chi connectivity index (χ4v) is 5.63. The van der Waals surface area contributed by atoms with Crippen LogP contribution in [0.25, 0.3) is 21.9 Å². The lowest BCUT2D eigenvalue weighted by Gasteiger charge is -2.19. The number of carbonyl (C=O) groups excluding carboxylic acids is 2. The van der Waals surface area contributed by atoms with Crippen molar-refractivity contribution in [3.05, 3.63) is 87.4 Å². The van der Waals surface area contributed by atoms with Crippen molar-refractivity contribution in [2.75, 3.05) is 0 Å². The molecule has 2 amide bonds. The molecule has 0 fully saturated rings. The van der Waals surface area contributed by atoms with Gasteiger partial charge in [-0.1, -0.05) is 26.5 Å². The molecule has 0 aliphatic carbocycles. The van der Waals surface area contributed by atoms with Gasteiger partial charge >= 0.3 is 0 Å². The molecule has 232 valence electrons. The highest BCUT2D eigenvalue weighted by atomic mass is 32.1. The molecule has 44 heavy (non-hydrogen) atoms. The first-order valence-corrected chi connectivity index (χ1v) is 14.6. The van der Waals surface area contributed by atoms with E-state index in [9.17, 15) is 27.2 Å². The molecule has 0 aliphatic heterocycles. The van der Waals surface area contributed by atoms with Gasteiger partial charge in [0.15, 0.2) is 11.6 Å². The summed E-state index contributed by atoms with van der Waals surface area (Å²) in [6.07, 6.45) is -1.70. The van der Waals surface area contributed by atoms with Gasteiger partial charge in [0.2, 0.25) is 11.8 Å². The van der Waals surface area contributed by atoms with E-state index in [1.807, 2.05) is 13.8 Å². The first-order valence-electron chi connectivity index (χ1n) is 13.8. The van der Waals surface area contributed by atoms with E-state index in [1.54, 1.807) is 19.1 Å². The molecule has 1 aromatic carbocycles. The van der Waals surface area contributed by atoms with Gasteiger partial charge < -0.3 is 15.5 Å². The summed E-state index contributed by atoms with van der Waals surface area (Å²) >= 11 is 1.07. The Morgan fingerprint density at radius 1 is 1.07 bits per heavy atom. The Hall–Kier alpha value is -4.39. The number of rotatable bonds is 13. The lowest BCUT2D eigenvalue weighted by molar-refractivity contribution is 0.0953. The zero-order valence-corrected chi connectivity index (χ0v) is 25.2. The number of aromatic nitrogens is 3. The van der Waals surface area contributed by atoms with Crippen LogP contribution in [0.4, 0.5) is 17.6 Å². The van der Waals surface area contributed by atoms with Gasteiger partial charge in [-0.2, -0.15) is 0 Å². The van der Waals surface area contributed by atoms with Crippen molar-refractivity contribution in [2.45, 2.75) is 59.4 Å². The van der Waals surface area contributed by atoms with Gasteiger partial charge in [-0.05, 0) is 67.0 Å². The number of aryl methyl sites for hydroxylation is 2. The topological polar surface area (TPSA) is 124 Å². The van der Waals surface area contributed by atoms with Crippen molar-refractivity contribution < 1.29 is 31.6 Å². The molecule has 0 bridgehead atoms. The first-order chi connectivity index (χ1) is 20.8. The Bertz CT molecular complexity index is 1700. The van der Waals surface area contributed by atoms with Crippen molar-refractivity contribution >= 4 is 23.2 Å². The maximum absolute atomic E-state index is 13.6. The van der Waals surface area contributed by atoms with E-state index < -0.39 is 29.9 Å². The van der Waals surface area contributed by atoms with Crippen LogP contribution in [-0.4, -0.2) is 33.4 Å². The summed E-state index contributed by atoms with van der Waals surface area (Å²) in [4.78, 5) is 31.6. The van der Waals surface area contributed by atoms with Crippen LogP contribution in [0, 0.1) is 24.5 Å². The maximum atomic E-state index is 13.6. The molecule has 0 spiro atoms. The van der Waals surface area contributed by atoms with E-state index in [-0.39, 0.29) is 59.5 Å². The van der Waals surface area contributed by atoms with E-state index in [0.717, 1.165) is 23.5 Å². The zero-order chi connectivity index (χ0) is 32.1. The first kappa shape index (κ1) is 32.5. The van der Waals surface area contributed by atoms with Gasteiger partial charge in [-0.15, -0.1) is 21.5 Å². The summed E-state index contributed by atoms with van der Waals surface area (Å²) in [5.41, 5.74) is 7.76. The molecule has 0 atom stereocenters. The molecule has 0 unspecified atom stereocenters. The molecule has 3 aromatic heterocycles. The van der Waals surface area contributed by atoms with Crippen LogP contribution in [-0.2, 0) is 19.4 Å². The summed E-state index contributed by atoms with van der Waals surface area (Å²) < 4.78 is 58.9. The van der Waals surface area contributed by atoms with Crippen LogP contribution >= 0.6 is 11.3 Å². The standard InChI is InChI=1S/C31H31F4N5O3S/c1-15(2)12-22-25(29(36)41)27(23-10-11-24(44-23)30(42)37-14-18-8-9-19(32)20(33)13-18)26(31-40-39-17(4)43-31)21(38-22)7-5-6-16(3)28(34)35/h8-11,13,15,28H,3,5-7,12,14H2,1-2,4H3,(H2,36,41)(H,37,42). The molecule has 8 nitrogen and oxygen atoms in total. The van der Waals surface area contributed by atoms with E-state index >= 15 is 0 Å². The molecule has 0 saturated heterocycles. The smallest absolute Gasteiger partial charge is 0.261 e. The van der Waals surface area contributed by atoms with E-state index in [2.05, 4.69) is 22.1 Å². The molecule has 0 saturated carbocycles. The summed E-state index contributed by atoms with van der Waals surface area (Å²) in [7, 11) is 0. The Morgan fingerprint density at radius 2 is 1.82 bits per heavy atom. The lowest BCUT2D eigenvalue weighted by atomic mass is 9.91. The Morgan fingerprint density at radius 3 is 2.43 bits per heavy atom. The third-order valence-electron chi connectivity index (χ3n) is 6.67. The number of thiophene rings is 1. The molecule has 3 heterocycles. The second-order valence-corrected chi connectivity index (χ2v) is 11.7. The van der Waals surface area contributed by atoms with Crippen molar-refractivity contribution in [1.82, 2.24) is 20.5 Å². The van der Waals surface area contributed by atoms with Gasteiger partial charge in [0, 0.05) is 23.9 Å². The Balaban J connectivity index is 1.81. The number of nitrogens with two attached hydrogens (primary N) is 1. The summed E-state index contributed by atoms with van der Waals surface area (Å²) in [6.45, 7) is 8.90. The Kier molecular flexibility index (Phi) is 10.3. The normalized spacial score (nSPS) is 11.4. The monoisotopic (exact) mass is 629 g/mol. The van der Waals surface area contributed by atoms with Crippen molar-refractivity contribution in [2.24, 2.45) is 11.7 Å². The zero-order valence-electron chi connectivity index (χ0n) is 24.3. The van der Waals surface area contributed by atoms with Crippen LogP contribution in [0.3, 0.4) is 0 Å². The fourth-order valence-electron chi connectivity index (χ4n) is 4.65. The molecule has 13 heteroatoms. The van der Waals surface area contributed by atoms with Crippen LogP contribution in [0.1, 0.15) is 69.6 Å². The second-order valence-electron chi connectivity index (χ2n) is 10.6. The maximum Gasteiger partial charge on any atom is 0.261 e. The molecule has 0 radical (unpaired) electrons. The minimum atomic E-state index is -2.65. The largest absolute Gasteiger partial charge is 0.421 e. The summed E-state index contributed by atoms with van der Waals surface area (Å²) in [6, 6.07) is 6.54. The van der Waals surface area contributed by atoms with Gasteiger partial charge in [-0.3, -0.25) is 14.6 Å². The second kappa shape index (κ2) is 13.9. The fraction of sp³-hybridized carbons (Fsp3) is 0.323. The number of carbonyl (C=O) groups is 2. The van der Waals surface area contributed by atoms with Gasteiger partial charge in [0.05, 0.1) is 27.4 Å². The molecular formula is C31H31F4N5O3S. The van der Waals surface area contributed by atoms with Crippen LogP contribution in [0.15, 0.2) is 46.9 Å². The van der Waals surface area contributed by atoms with Crippen molar-refractivity contribution in [3.63, 3.8) is 0 Å². The summed E-state index contributed by atoms with van der Waals surface area (Å²) in [5, 5.41) is 10.8. The number of hydrogen-bond donors (Lipinski definition) is 2. The third kappa shape index (κ3) is 7.57. The molecule has 4 aromatic rings. The van der Waals surface area contributed by atoms with Crippen LogP contribution in [0.5, 0.6) is 0 Å². The molecule has 0 aliphatic rings. The number of alkyl halides is 2. The predicted molar refractivity (Wildman–Crippen MR) is 158 cm³/mol.